The third-order valence-corrected chi connectivity index (χ3v) is 5.59. The molecule has 0 aliphatic carbocycles. The van der Waals surface area contributed by atoms with E-state index in [4.69, 9.17) is 4.98 Å². The predicted octanol–water partition coefficient (Wildman–Crippen LogP) is 3.45. The van der Waals surface area contributed by atoms with E-state index >= 15 is 0 Å². The number of rotatable bonds is 7. The largest absolute Gasteiger partial charge is 0.392 e. The molecule has 1 aromatic heterocycles. The van der Waals surface area contributed by atoms with E-state index in [1.54, 1.807) is 25.1 Å². The van der Waals surface area contributed by atoms with Crippen LogP contribution >= 0.6 is 0 Å². The quantitative estimate of drug-likeness (QED) is 0.420. The second-order valence-corrected chi connectivity index (χ2v) is 7.88. The summed E-state index contributed by atoms with van der Waals surface area (Å²) in [5.74, 6) is 0.230. The molecule has 3 aromatic carbocycles. The van der Waals surface area contributed by atoms with Crippen molar-refractivity contribution in [3.63, 3.8) is 0 Å². The van der Waals surface area contributed by atoms with Crippen LogP contribution in [-0.4, -0.2) is 38.3 Å². The van der Waals surface area contributed by atoms with Gasteiger partial charge < -0.3 is 20.1 Å². The highest BCUT2D eigenvalue weighted by Gasteiger charge is 2.38. The number of aromatic nitrogens is 2. The number of aryl methyl sites for hydroxylation is 1. The summed E-state index contributed by atoms with van der Waals surface area (Å²) in [5, 5.41) is 24.3. The van der Waals surface area contributed by atoms with Crippen LogP contribution in [0.3, 0.4) is 0 Å². The van der Waals surface area contributed by atoms with Gasteiger partial charge in [-0.25, -0.2) is 4.98 Å². The van der Waals surface area contributed by atoms with Crippen molar-refractivity contribution >= 4 is 16.9 Å². The van der Waals surface area contributed by atoms with Crippen LogP contribution < -0.4 is 5.32 Å². The summed E-state index contributed by atoms with van der Waals surface area (Å²) in [6, 6.07) is 24.2. The Balaban J connectivity index is 1.89. The Bertz CT molecular complexity index is 1180. The highest BCUT2D eigenvalue weighted by Crippen LogP contribution is 2.37. The topological polar surface area (TPSA) is 87.4 Å². The first kappa shape index (κ1) is 21.7. The Hall–Kier alpha value is -3.48. The number of amides is 1. The van der Waals surface area contributed by atoms with Gasteiger partial charge in [-0.1, -0.05) is 60.7 Å². The fourth-order valence-corrected chi connectivity index (χ4v) is 3.99. The lowest BCUT2D eigenvalue weighted by Crippen LogP contribution is -2.32. The fraction of sp³-hybridized carbons (Fsp3) is 0.231. The molecule has 0 saturated carbocycles. The summed E-state index contributed by atoms with van der Waals surface area (Å²) in [7, 11) is 0. The van der Waals surface area contributed by atoms with E-state index in [1.165, 1.54) is 0 Å². The van der Waals surface area contributed by atoms with E-state index in [0.29, 0.717) is 34.6 Å². The molecule has 0 radical (unpaired) electrons. The van der Waals surface area contributed by atoms with Crippen molar-refractivity contribution in [2.45, 2.75) is 32.1 Å². The molecule has 1 amide bonds. The van der Waals surface area contributed by atoms with Crippen LogP contribution in [0.1, 0.15) is 41.2 Å². The Morgan fingerprint density at radius 2 is 1.62 bits per heavy atom. The summed E-state index contributed by atoms with van der Waals surface area (Å²) in [5.41, 5.74) is 1.89. The number of nitrogens with zero attached hydrogens (tertiary/aromatic N) is 2. The van der Waals surface area contributed by atoms with Crippen LogP contribution in [0.5, 0.6) is 0 Å². The zero-order valence-corrected chi connectivity index (χ0v) is 18.2. The summed E-state index contributed by atoms with van der Waals surface area (Å²) in [4.78, 5) is 17.4. The molecule has 164 valence electrons. The molecule has 0 spiro atoms. The minimum absolute atomic E-state index is 0.178. The Morgan fingerprint density at radius 1 is 1.03 bits per heavy atom. The van der Waals surface area contributed by atoms with Crippen molar-refractivity contribution in [3.8, 4) is 0 Å². The van der Waals surface area contributed by atoms with Crippen LogP contribution in [0.4, 0.5) is 0 Å². The molecule has 0 saturated heterocycles. The standard InChI is InChI=1S/C26H27N3O3/c1-3-29-23-16-19(24(31)27-17-18(2)30)14-15-22(23)28-25(29)26(32,20-10-6-4-7-11-20)21-12-8-5-9-13-21/h4-16,18,30,32H,3,17H2,1-2H3,(H,27,31). The number of carbonyl (C=O) groups excluding carboxylic acids is 1. The van der Waals surface area contributed by atoms with Gasteiger partial charge in [-0.2, -0.15) is 0 Å². The minimum atomic E-state index is -1.47. The number of aliphatic hydroxyl groups is 2. The smallest absolute Gasteiger partial charge is 0.251 e. The van der Waals surface area contributed by atoms with Gasteiger partial charge in [0.2, 0.25) is 0 Å². The Morgan fingerprint density at radius 3 is 2.16 bits per heavy atom. The average Bonchev–Trinajstić information content (AvgIpc) is 3.21. The van der Waals surface area contributed by atoms with Gasteiger partial charge in [0, 0.05) is 18.7 Å². The highest BCUT2D eigenvalue weighted by molar-refractivity contribution is 5.97. The number of carbonyl (C=O) groups is 1. The van der Waals surface area contributed by atoms with Gasteiger partial charge in [-0.3, -0.25) is 4.79 Å². The maximum absolute atomic E-state index is 12.5. The Labute approximate surface area is 187 Å². The molecule has 1 unspecified atom stereocenters. The van der Waals surface area contributed by atoms with Crippen LogP contribution in [0.25, 0.3) is 11.0 Å². The number of aliphatic hydroxyl groups excluding tert-OH is 1. The van der Waals surface area contributed by atoms with Crippen molar-refractivity contribution in [3.05, 3.63) is 101 Å². The van der Waals surface area contributed by atoms with E-state index in [2.05, 4.69) is 5.32 Å². The molecule has 6 nitrogen and oxygen atoms in total. The molecule has 0 aliphatic rings. The highest BCUT2D eigenvalue weighted by atomic mass is 16.3. The molecule has 1 heterocycles. The van der Waals surface area contributed by atoms with E-state index in [-0.39, 0.29) is 12.5 Å². The van der Waals surface area contributed by atoms with Crippen molar-refractivity contribution in [1.82, 2.24) is 14.9 Å². The zero-order valence-electron chi connectivity index (χ0n) is 18.2. The molecule has 4 rings (SSSR count). The maximum Gasteiger partial charge on any atom is 0.251 e. The first-order valence-corrected chi connectivity index (χ1v) is 10.8. The maximum atomic E-state index is 12.5. The predicted molar refractivity (Wildman–Crippen MR) is 124 cm³/mol. The Kier molecular flexibility index (Phi) is 6.08. The molecule has 0 bridgehead atoms. The van der Waals surface area contributed by atoms with E-state index in [1.807, 2.05) is 72.2 Å². The number of hydrogen-bond donors (Lipinski definition) is 3. The summed E-state index contributed by atoms with van der Waals surface area (Å²) in [6.07, 6.45) is -0.623. The lowest BCUT2D eigenvalue weighted by Gasteiger charge is -2.29. The van der Waals surface area contributed by atoms with Crippen molar-refractivity contribution in [2.75, 3.05) is 6.54 Å². The SMILES string of the molecule is CCn1c(C(O)(c2ccccc2)c2ccccc2)nc2ccc(C(=O)NCC(C)O)cc21. The molecule has 3 N–H and O–H groups in total. The van der Waals surface area contributed by atoms with Gasteiger partial charge in [-0.15, -0.1) is 0 Å². The van der Waals surface area contributed by atoms with Crippen LogP contribution in [0.15, 0.2) is 78.9 Å². The first-order valence-electron chi connectivity index (χ1n) is 10.8. The zero-order chi connectivity index (χ0) is 22.7. The monoisotopic (exact) mass is 429 g/mol. The second kappa shape index (κ2) is 8.94. The summed E-state index contributed by atoms with van der Waals surface area (Å²) < 4.78 is 1.95. The van der Waals surface area contributed by atoms with Gasteiger partial charge >= 0.3 is 0 Å². The molecular formula is C26H27N3O3. The lowest BCUT2D eigenvalue weighted by molar-refractivity contribution is 0.0924. The van der Waals surface area contributed by atoms with Gasteiger partial charge in [-0.05, 0) is 43.2 Å². The third-order valence-electron chi connectivity index (χ3n) is 5.59. The van der Waals surface area contributed by atoms with Gasteiger partial charge in [0.25, 0.3) is 5.91 Å². The van der Waals surface area contributed by atoms with Gasteiger partial charge in [0.1, 0.15) is 0 Å². The van der Waals surface area contributed by atoms with Gasteiger partial charge in [0.05, 0.1) is 17.1 Å². The van der Waals surface area contributed by atoms with Gasteiger partial charge in [0.15, 0.2) is 11.4 Å². The van der Waals surface area contributed by atoms with E-state index < -0.39 is 11.7 Å². The number of imidazole rings is 1. The second-order valence-electron chi connectivity index (χ2n) is 7.88. The molecule has 6 heteroatoms. The summed E-state index contributed by atoms with van der Waals surface area (Å²) >= 11 is 0. The number of hydrogen-bond acceptors (Lipinski definition) is 4. The first-order chi connectivity index (χ1) is 15.4. The van der Waals surface area contributed by atoms with E-state index in [9.17, 15) is 15.0 Å². The number of nitrogens with one attached hydrogen (secondary N) is 1. The van der Waals surface area contributed by atoms with Crippen molar-refractivity contribution in [1.29, 1.82) is 0 Å². The third kappa shape index (κ3) is 3.90. The molecule has 32 heavy (non-hydrogen) atoms. The lowest BCUT2D eigenvalue weighted by atomic mass is 9.85. The van der Waals surface area contributed by atoms with E-state index in [0.717, 1.165) is 5.52 Å². The number of fused-ring (bicyclic) bond motifs is 1. The number of benzene rings is 3. The molecule has 4 aromatic rings. The fourth-order valence-electron chi connectivity index (χ4n) is 3.99. The van der Waals surface area contributed by atoms with Crippen molar-refractivity contribution in [2.24, 2.45) is 0 Å². The van der Waals surface area contributed by atoms with Crippen LogP contribution in [-0.2, 0) is 12.1 Å². The molecule has 1 atom stereocenters. The molecule has 0 aliphatic heterocycles. The van der Waals surface area contributed by atoms with Crippen LogP contribution in [0, 0.1) is 0 Å². The summed E-state index contributed by atoms with van der Waals surface area (Å²) in [6.45, 7) is 4.35. The molecule has 0 fully saturated rings. The minimum Gasteiger partial charge on any atom is -0.392 e. The average molecular weight is 430 g/mol. The normalized spacial score (nSPS) is 12.6. The molecular weight excluding hydrogens is 402 g/mol. The van der Waals surface area contributed by atoms with Crippen molar-refractivity contribution < 1.29 is 15.0 Å². The van der Waals surface area contributed by atoms with Crippen LogP contribution in [0.2, 0.25) is 0 Å².